The van der Waals surface area contributed by atoms with Crippen LogP contribution in [-0.2, 0) is 0 Å². The zero-order valence-corrected chi connectivity index (χ0v) is 5.89. The molecule has 0 saturated carbocycles. The highest BCUT2D eigenvalue weighted by atomic mass is 19.1. The molecule has 3 heteroatoms. The van der Waals surface area contributed by atoms with Gasteiger partial charge in [-0.15, -0.1) is 0 Å². The van der Waals surface area contributed by atoms with E-state index in [0.29, 0.717) is 0 Å². The van der Waals surface area contributed by atoms with Crippen LogP contribution in [0, 0.1) is 23.2 Å². The highest BCUT2D eigenvalue weighted by Crippen LogP contribution is 2.20. The van der Waals surface area contributed by atoms with Crippen molar-refractivity contribution in [2.24, 2.45) is 0 Å². The lowest BCUT2D eigenvalue weighted by Gasteiger charge is -2.01. The molecular weight excluding hydrogens is 145 g/mol. The first-order chi connectivity index (χ1) is 5.29. The molecule has 0 unspecified atom stereocenters. The number of benzene rings is 1. The normalized spacial score (nSPS) is 8.82. The molecule has 0 bridgehead atoms. The number of rotatable bonds is 1. The summed E-state index contributed by atoms with van der Waals surface area (Å²) in [7, 11) is 1.32. The Morgan fingerprint density at radius 1 is 1.64 bits per heavy atom. The smallest absolute Gasteiger partial charge is 0.172 e. The van der Waals surface area contributed by atoms with Crippen molar-refractivity contribution in [3.63, 3.8) is 0 Å². The molecule has 11 heavy (non-hydrogen) atoms. The van der Waals surface area contributed by atoms with E-state index in [4.69, 9.17) is 5.26 Å². The molecule has 0 aliphatic heterocycles. The third-order valence-corrected chi connectivity index (χ3v) is 1.22. The largest absolute Gasteiger partial charge is 0.492 e. The van der Waals surface area contributed by atoms with E-state index in [2.05, 4.69) is 10.8 Å². The molecule has 0 aliphatic carbocycles. The predicted molar refractivity (Wildman–Crippen MR) is 36.5 cm³/mol. The van der Waals surface area contributed by atoms with Crippen LogP contribution in [0.15, 0.2) is 12.1 Å². The second-order valence-corrected chi connectivity index (χ2v) is 1.86. The zero-order chi connectivity index (χ0) is 8.27. The minimum Gasteiger partial charge on any atom is -0.492 e. The van der Waals surface area contributed by atoms with Crippen LogP contribution in [0.4, 0.5) is 4.39 Å². The van der Waals surface area contributed by atoms with Crippen molar-refractivity contribution in [1.29, 1.82) is 5.26 Å². The number of hydrogen-bond donors (Lipinski definition) is 0. The van der Waals surface area contributed by atoms with Gasteiger partial charge in [-0.05, 0) is 18.2 Å². The maximum absolute atomic E-state index is 12.7. The molecule has 1 radical (unpaired) electrons. The molecule has 55 valence electrons. The van der Waals surface area contributed by atoms with E-state index >= 15 is 0 Å². The minimum atomic E-state index is -0.563. The average Bonchev–Trinajstić information content (AvgIpc) is 2.04. The topological polar surface area (TPSA) is 33.0 Å². The Bertz CT molecular complexity index is 303. The summed E-state index contributed by atoms with van der Waals surface area (Å²) < 4.78 is 17.4. The summed E-state index contributed by atoms with van der Waals surface area (Å²) in [6, 6.07) is 6.77. The van der Waals surface area contributed by atoms with Crippen LogP contribution in [0.25, 0.3) is 0 Å². The summed E-state index contributed by atoms with van der Waals surface area (Å²) >= 11 is 0. The molecule has 0 saturated heterocycles. The quantitative estimate of drug-likeness (QED) is 0.607. The monoisotopic (exact) mass is 150 g/mol. The lowest BCUT2D eigenvalue weighted by Crippen LogP contribution is -1.91. The van der Waals surface area contributed by atoms with E-state index in [1.165, 1.54) is 13.2 Å². The third kappa shape index (κ3) is 1.30. The zero-order valence-electron chi connectivity index (χ0n) is 5.89. The number of hydrogen-bond acceptors (Lipinski definition) is 2. The van der Waals surface area contributed by atoms with Crippen molar-refractivity contribution < 1.29 is 9.13 Å². The lowest BCUT2D eigenvalue weighted by atomic mass is 10.2. The van der Waals surface area contributed by atoms with Crippen LogP contribution in [0.2, 0.25) is 0 Å². The molecule has 0 fully saturated rings. The number of halogens is 1. The fourth-order valence-electron chi connectivity index (χ4n) is 0.748. The van der Waals surface area contributed by atoms with E-state index < -0.39 is 5.82 Å². The Morgan fingerprint density at radius 3 is 2.82 bits per heavy atom. The van der Waals surface area contributed by atoms with Crippen LogP contribution in [0.5, 0.6) is 5.75 Å². The van der Waals surface area contributed by atoms with E-state index in [0.717, 1.165) is 6.07 Å². The molecule has 0 N–H and O–H groups in total. The van der Waals surface area contributed by atoms with Gasteiger partial charge in [0.15, 0.2) is 11.6 Å². The van der Waals surface area contributed by atoms with Crippen LogP contribution >= 0.6 is 0 Å². The van der Waals surface area contributed by atoms with E-state index in [1.54, 1.807) is 6.07 Å². The molecule has 0 spiro atoms. The van der Waals surface area contributed by atoms with Gasteiger partial charge >= 0.3 is 0 Å². The lowest BCUT2D eigenvalue weighted by molar-refractivity contribution is 0.385. The first-order valence-corrected chi connectivity index (χ1v) is 2.93. The van der Waals surface area contributed by atoms with Crippen LogP contribution < -0.4 is 4.74 Å². The van der Waals surface area contributed by atoms with Crippen molar-refractivity contribution in [2.45, 2.75) is 0 Å². The number of ether oxygens (including phenoxy) is 1. The Balaban J connectivity index is 3.27. The first-order valence-electron chi connectivity index (χ1n) is 2.93. The van der Waals surface area contributed by atoms with Crippen LogP contribution in [0.3, 0.4) is 0 Å². The van der Waals surface area contributed by atoms with Crippen LogP contribution in [-0.4, -0.2) is 7.11 Å². The van der Waals surface area contributed by atoms with Gasteiger partial charge in [-0.25, -0.2) is 4.39 Å². The predicted octanol–water partition coefficient (Wildman–Crippen LogP) is 1.51. The average molecular weight is 150 g/mol. The summed E-state index contributed by atoms with van der Waals surface area (Å²) in [6.07, 6.45) is 0. The van der Waals surface area contributed by atoms with Gasteiger partial charge < -0.3 is 4.74 Å². The molecule has 1 aromatic rings. The Kier molecular flexibility index (Phi) is 2.07. The molecular formula is C8H5FNO. The summed E-state index contributed by atoms with van der Waals surface area (Å²) in [5.74, 6) is -0.585. The van der Waals surface area contributed by atoms with Crippen molar-refractivity contribution in [3.8, 4) is 11.8 Å². The molecule has 1 rings (SSSR count). The summed E-state index contributed by atoms with van der Waals surface area (Å²) in [6.45, 7) is 0. The summed E-state index contributed by atoms with van der Waals surface area (Å²) in [4.78, 5) is 0. The number of methoxy groups -OCH3 is 1. The molecule has 0 atom stereocenters. The second-order valence-electron chi connectivity index (χ2n) is 1.86. The molecule has 1 aromatic carbocycles. The molecule has 2 nitrogen and oxygen atoms in total. The van der Waals surface area contributed by atoms with Gasteiger partial charge in [0.05, 0.1) is 12.7 Å². The van der Waals surface area contributed by atoms with Gasteiger partial charge in [-0.3, -0.25) is 0 Å². The maximum Gasteiger partial charge on any atom is 0.172 e. The standard InChI is InChI=1S/C8H5FNO/c1-11-8-6(5-10)3-2-4-7(8)9/h3-4H,1H3. The highest BCUT2D eigenvalue weighted by Gasteiger charge is 2.06. The van der Waals surface area contributed by atoms with Gasteiger partial charge in [0.2, 0.25) is 0 Å². The fraction of sp³-hybridized carbons (Fsp3) is 0.125. The van der Waals surface area contributed by atoms with Gasteiger partial charge in [0.25, 0.3) is 0 Å². The van der Waals surface area contributed by atoms with Crippen molar-refractivity contribution in [1.82, 2.24) is 0 Å². The van der Waals surface area contributed by atoms with Gasteiger partial charge in [-0.2, -0.15) is 5.26 Å². The van der Waals surface area contributed by atoms with Crippen molar-refractivity contribution >= 4 is 0 Å². The van der Waals surface area contributed by atoms with Gasteiger partial charge in [-0.1, -0.05) is 0 Å². The minimum absolute atomic E-state index is 0.0220. The van der Waals surface area contributed by atoms with Gasteiger partial charge in [0, 0.05) is 0 Å². The van der Waals surface area contributed by atoms with Crippen LogP contribution in [0.1, 0.15) is 5.56 Å². The molecule has 0 heterocycles. The SMILES string of the molecule is COc1c(F)c[c]cc1C#N. The molecule has 0 aliphatic rings. The maximum atomic E-state index is 12.7. The van der Waals surface area contributed by atoms with E-state index in [-0.39, 0.29) is 11.3 Å². The Hall–Kier alpha value is -1.56. The number of nitriles is 1. The van der Waals surface area contributed by atoms with Crippen molar-refractivity contribution in [3.05, 3.63) is 29.6 Å². The molecule has 0 amide bonds. The van der Waals surface area contributed by atoms with E-state index in [1.807, 2.05) is 0 Å². The van der Waals surface area contributed by atoms with E-state index in [9.17, 15) is 4.39 Å². The van der Waals surface area contributed by atoms with Crippen molar-refractivity contribution in [2.75, 3.05) is 7.11 Å². The third-order valence-electron chi connectivity index (χ3n) is 1.22. The fourth-order valence-corrected chi connectivity index (χ4v) is 0.748. The van der Waals surface area contributed by atoms with Gasteiger partial charge in [0.1, 0.15) is 6.07 Å². The summed E-state index contributed by atoms with van der Waals surface area (Å²) in [5.41, 5.74) is 0.160. The Morgan fingerprint density at radius 2 is 2.36 bits per heavy atom. The number of nitrogens with zero attached hydrogens (tertiary/aromatic N) is 1. The molecule has 0 aromatic heterocycles. The highest BCUT2D eigenvalue weighted by molar-refractivity contribution is 5.43. The second kappa shape index (κ2) is 3.02. The Labute approximate surface area is 63.8 Å². The summed E-state index contributed by atoms with van der Waals surface area (Å²) in [5, 5.41) is 8.46. The first kappa shape index (κ1) is 7.55.